The fourth-order valence-corrected chi connectivity index (χ4v) is 5.01. The highest BCUT2D eigenvalue weighted by Gasteiger charge is 2.19. The molecule has 0 bridgehead atoms. The van der Waals surface area contributed by atoms with Crippen molar-refractivity contribution in [1.82, 2.24) is 14.9 Å². The molecule has 1 aliphatic carbocycles. The molecule has 3 aromatic rings. The molecule has 1 fully saturated rings. The summed E-state index contributed by atoms with van der Waals surface area (Å²) >= 11 is 7.46. The third-order valence-electron chi connectivity index (χ3n) is 5.67. The molecule has 168 valence electrons. The number of hydrogen-bond donors (Lipinski definition) is 1. The third-order valence-corrected chi connectivity index (χ3v) is 6.97. The standard InChI is InChI=1S/C24H26ClN3O3S/c1-31-13-12-28-23(30)20-11-8-17(22(29)26-19-4-2-3-5-19)14-21(20)27-24(28)32-15-16-6-9-18(25)10-7-16/h6-11,14,19H,2-5,12-13,15H2,1H3,(H,26,29). The topological polar surface area (TPSA) is 73.2 Å². The van der Waals surface area contributed by atoms with Crippen LogP contribution < -0.4 is 10.9 Å². The van der Waals surface area contributed by atoms with Crippen LogP contribution in [0.5, 0.6) is 0 Å². The number of benzene rings is 2. The second-order valence-corrected chi connectivity index (χ2v) is 9.32. The summed E-state index contributed by atoms with van der Waals surface area (Å²) in [5.41, 5.74) is 2.01. The third kappa shape index (κ3) is 5.34. The van der Waals surface area contributed by atoms with Gasteiger partial charge in [-0.2, -0.15) is 0 Å². The van der Waals surface area contributed by atoms with E-state index in [0.717, 1.165) is 31.2 Å². The van der Waals surface area contributed by atoms with Gasteiger partial charge in [-0.25, -0.2) is 4.98 Å². The predicted molar refractivity (Wildman–Crippen MR) is 129 cm³/mol. The summed E-state index contributed by atoms with van der Waals surface area (Å²) in [5.74, 6) is 0.531. The van der Waals surface area contributed by atoms with E-state index in [2.05, 4.69) is 5.32 Å². The van der Waals surface area contributed by atoms with Crippen LogP contribution in [0.2, 0.25) is 5.02 Å². The van der Waals surface area contributed by atoms with Crippen molar-refractivity contribution in [3.8, 4) is 0 Å². The molecule has 0 saturated heterocycles. The van der Waals surface area contributed by atoms with Crippen LogP contribution in [0.25, 0.3) is 10.9 Å². The summed E-state index contributed by atoms with van der Waals surface area (Å²) in [4.78, 5) is 30.7. The van der Waals surface area contributed by atoms with E-state index in [4.69, 9.17) is 21.3 Å². The maximum Gasteiger partial charge on any atom is 0.262 e. The molecule has 1 aromatic heterocycles. The summed E-state index contributed by atoms with van der Waals surface area (Å²) in [6.07, 6.45) is 4.35. The SMILES string of the molecule is COCCn1c(SCc2ccc(Cl)cc2)nc2cc(C(=O)NC3CCCC3)ccc2c1=O. The molecular weight excluding hydrogens is 446 g/mol. The van der Waals surface area contributed by atoms with Crippen LogP contribution in [0.4, 0.5) is 0 Å². The Bertz CT molecular complexity index is 1160. The Kier molecular flexibility index (Phi) is 7.50. The van der Waals surface area contributed by atoms with Crippen molar-refractivity contribution < 1.29 is 9.53 Å². The lowest BCUT2D eigenvalue weighted by atomic mass is 10.1. The van der Waals surface area contributed by atoms with Crippen LogP contribution in [0, 0.1) is 0 Å². The summed E-state index contributed by atoms with van der Waals surface area (Å²) < 4.78 is 6.84. The first-order valence-electron chi connectivity index (χ1n) is 10.8. The number of amides is 1. The lowest BCUT2D eigenvalue weighted by Gasteiger charge is -2.14. The van der Waals surface area contributed by atoms with Gasteiger partial charge >= 0.3 is 0 Å². The minimum atomic E-state index is -0.131. The zero-order valence-corrected chi connectivity index (χ0v) is 19.5. The molecule has 1 saturated carbocycles. The molecule has 2 aromatic carbocycles. The Morgan fingerprint density at radius 1 is 1.22 bits per heavy atom. The van der Waals surface area contributed by atoms with E-state index in [-0.39, 0.29) is 17.5 Å². The molecule has 1 heterocycles. The number of rotatable bonds is 8. The van der Waals surface area contributed by atoms with Crippen molar-refractivity contribution >= 4 is 40.2 Å². The monoisotopic (exact) mass is 471 g/mol. The quantitative estimate of drug-likeness (QED) is 0.382. The van der Waals surface area contributed by atoms with E-state index >= 15 is 0 Å². The number of nitrogens with one attached hydrogen (secondary N) is 1. The molecular formula is C24H26ClN3O3S. The average molecular weight is 472 g/mol. The molecule has 0 aliphatic heterocycles. The predicted octanol–water partition coefficient (Wildman–Crippen LogP) is 4.66. The van der Waals surface area contributed by atoms with E-state index in [1.807, 2.05) is 24.3 Å². The van der Waals surface area contributed by atoms with Crippen LogP contribution >= 0.6 is 23.4 Å². The molecule has 6 nitrogen and oxygen atoms in total. The summed E-state index contributed by atoms with van der Waals surface area (Å²) in [6.45, 7) is 0.814. The number of carbonyl (C=O) groups is 1. The normalized spacial score (nSPS) is 14.2. The summed E-state index contributed by atoms with van der Waals surface area (Å²) in [6, 6.07) is 13.0. The van der Waals surface area contributed by atoms with E-state index in [0.29, 0.717) is 45.5 Å². The van der Waals surface area contributed by atoms with E-state index < -0.39 is 0 Å². The van der Waals surface area contributed by atoms with Crippen LogP contribution in [-0.4, -0.2) is 35.2 Å². The van der Waals surface area contributed by atoms with Gasteiger partial charge in [0.1, 0.15) is 0 Å². The number of aromatic nitrogens is 2. The number of nitrogens with zero attached hydrogens (tertiary/aromatic N) is 2. The lowest BCUT2D eigenvalue weighted by Crippen LogP contribution is -2.32. The highest BCUT2D eigenvalue weighted by Crippen LogP contribution is 2.24. The Balaban J connectivity index is 1.64. The number of methoxy groups -OCH3 is 1. The molecule has 0 unspecified atom stereocenters. The molecule has 1 N–H and O–H groups in total. The van der Waals surface area contributed by atoms with Gasteiger partial charge in [0.25, 0.3) is 11.5 Å². The molecule has 0 spiro atoms. The highest BCUT2D eigenvalue weighted by molar-refractivity contribution is 7.98. The van der Waals surface area contributed by atoms with Gasteiger partial charge in [-0.15, -0.1) is 0 Å². The fourth-order valence-electron chi connectivity index (χ4n) is 3.90. The first kappa shape index (κ1) is 22.8. The van der Waals surface area contributed by atoms with Crippen molar-refractivity contribution in [3.63, 3.8) is 0 Å². The molecule has 4 rings (SSSR count). The van der Waals surface area contributed by atoms with Gasteiger partial charge in [0, 0.05) is 29.5 Å². The zero-order chi connectivity index (χ0) is 22.5. The van der Waals surface area contributed by atoms with Gasteiger partial charge in [0.2, 0.25) is 0 Å². The van der Waals surface area contributed by atoms with E-state index in [1.165, 1.54) is 11.8 Å². The van der Waals surface area contributed by atoms with Gasteiger partial charge in [0.05, 0.1) is 24.1 Å². The molecule has 32 heavy (non-hydrogen) atoms. The van der Waals surface area contributed by atoms with Crippen molar-refractivity contribution in [2.24, 2.45) is 0 Å². The van der Waals surface area contributed by atoms with E-state index in [9.17, 15) is 9.59 Å². The van der Waals surface area contributed by atoms with E-state index in [1.54, 1.807) is 29.9 Å². The van der Waals surface area contributed by atoms with Crippen LogP contribution in [0.15, 0.2) is 52.4 Å². The van der Waals surface area contributed by atoms with Crippen LogP contribution in [0.3, 0.4) is 0 Å². The van der Waals surface area contributed by atoms with Gasteiger partial charge in [-0.05, 0) is 48.7 Å². The van der Waals surface area contributed by atoms with Gasteiger partial charge in [-0.3, -0.25) is 14.2 Å². The smallest absolute Gasteiger partial charge is 0.262 e. The Hall–Kier alpha value is -2.35. The maximum absolute atomic E-state index is 13.2. The second-order valence-electron chi connectivity index (χ2n) is 7.95. The molecule has 0 atom stereocenters. The Labute approximate surface area is 196 Å². The Morgan fingerprint density at radius 2 is 1.97 bits per heavy atom. The average Bonchev–Trinajstić information content (AvgIpc) is 3.31. The summed E-state index contributed by atoms with van der Waals surface area (Å²) in [7, 11) is 1.61. The molecule has 1 amide bonds. The molecule has 8 heteroatoms. The summed E-state index contributed by atoms with van der Waals surface area (Å²) in [5, 5.41) is 4.87. The van der Waals surface area contributed by atoms with Crippen LogP contribution in [0.1, 0.15) is 41.6 Å². The van der Waals surface area contributed by atoms with Crippen molar-refractivity contribution in [3.05, 3.63) is 69.0 Å². The largest absolute Gasteiger partial charge is 0.383 e. The van der Waals surface area contributed by atoms with Crippen molar-refractivity contribution in [1.29, 1.82) is 0 Å². The van der Waals surface area contributed by atoms with Gasteiger partial charge < -0.3 is 10.1 Å². The zero-order valence-electron chi connectivity index (χ0n) is 18.0. The number of halogens is 1. The molecule has 0 radical (unpaired) electrons. The van der Waals surface area contributed by atoms with Crippen molar-refractivity contribution in [2.75, 3.05) is 13.7 Å². The number of fused-ring (bicyclic) bond motifs is 1. The van der Waals surface area contributed by atoms with Crippen LogP contribution in [-0.2, 0) is 17.0 Å². The lowest BCUT2D eigenvalue weighted by molar-refractivity contribution is 0.0938. The minimum Gasteiger partial charge on any atom is -0.383 e. The number of thioether (sulfide) groups is 1. The number of carbonyl (C=O) groups excluding carboxylic acids is 1. The first-order chi connectivity index (χ1) is 15.5. The van der Waals surface area contributed by atoms with Crippen molar-refractivity contribution in [2.45, 2.75) is 49.2 Å². The number of ether oxygens (including phenoxy) is 1. The maximum atomic E-state index is 13.2. The second kappa shape index (κ2) is 10.5. The first-order valence-corrected chi connectivity index (χ1v) is 12.1. The van der Waals surface area contributed by atoms with Gasteiger partial charge in [-0.1, -0.05) is 48.3 Å². The Morgan fingerprint density at radius 3 is 2.69 bits per heavy atom. The highest BCUT2D eigenvalue weighted by atomic mass is 35.5. The minimum absolute atomic E-state index is 0.112. The van der Waals surface area contributed by atoms with Gasteiger partial charge in [0.15, 0.2) is 5.16 Å². The number of hydrogen-bond acceptors (Lipinski definition) is 5. The molecule has 1 aliphatic rings. The fraction of sp³-hybridized carbons (Fsp3) is 0.375.